The topological polar surface area (TPSA) is 46.5 Å². The molecule has 1 atom stereocenters. The lowest BCUT2D eigenvalue weighted by Gasteiger charge is -2.14. The number of hydrogen-bond donors (Lipinski definition) is 1. The molecule has 0 aliphatic carbocycles. The maximum atomic E-state index is 10.8. The van der Waals surface area contributed by atoms with E-state index in [0.29, 0.717) is 23.5 Å². The Kier molecular flexibility index (Phi) is 6.78. The minimum absolute atomic E-state index is 0.264. The fourth-order valence-corrected chi connectivity index (χ4v) is 2.47. The monoisotopic (exact) mass is 282 g/mol. The molecule has 0 aliphatic heterocycles. The molecule has 0 aliphatic rings. The Balaban J connectivity index is 2.26. The van der Waals surface area contributed by atoms with Crippen LogP contribution in [-0.4, -0.2) is 28.7 Å². The predicted molar refractivity (Wildman–Crippen MR) is 80.3 cm³/mol. The second-order valence-electron chi connectivity index (χ2n) is 4.85. The van der Waals surface area contributed by atoms with E-state index in [9.17, 15) is 4.79 Å². The lowest BCUT2D eigenvalue weighted by molar-refractivity contribution is 0.0696. The van der Waals surface area contributed by atoms with Crippen molar-refractivity contribution in [2.45, 2.75) is 32.4 Å². The molecule has 0 heterocycles. The number of rotatable bonds is 8. The molecule has 0 fully saturated rings. The molecule has 0 saturated heterocycles. The number of carboxylic acid groups (broad SMARTS) is 1. The summed E-state index contributed by atoms with van der Waals surface area (Å²) >= 11 is 1.95. The van der Waals surface area contributed by atoms with Crippen molar-refractivity contribution >= 4 is 17.7 Å². The van der Waals surface area contributed by atoms with Crippen LogP contribution in [0, 0.1) is 5.92 Å². The van der Waals surface area contributed by atoms with Crippen LogP contribution in [0.25, 0.3) is 0 Å². The van der Waals surface area contributed by atoms with E-state index in [1.165, 1.54) is 0 Å². The number of aromatic carboxylic acids is 1. The van der Waals surface area contributed by atoms with Gasteiger partial charge >= 0.3 is 5.97 Å². The van der Waals surface area contributed by atoms with Crippen LogP contribution in [0.3, 0.4) is 0 Å². The zero-order valence-electron chi connectivity index (χ0n) is 11.8. The largest absolute Gasteiger partial charge is 0.494 e. The summed E-state index contributed by atoms with van der Waals surface area (Å²) in [4.78, 5) is 10.8. The lowest BCUT2D eigenvalue weighted by atomic mass is 10.2. The SMILES string of the molecule is CC(C)C(C)SCCCOc1cccc(C(=O)O)c1. The summed E-state index contributed by atoms with van der Waals surface area (Å²) in [5, 5.41) is 9.54. The quantitative estimate of drug-likeness (QED) is 0.734. The van der Waals surface area contributed by atoms with Crippen molar-refractivity contribution in [1.29, 1.82) is 0 Å². The third kappa shape index (κ3) is 6.01. The zero-order valence-corrected chi connectivity index (χ0v) is 12.6. The van der Waals surface area contributed by atoms with Gasteiger partial charge in [-0.2, -0.15) is 11.8 Å². The molecule has 0 spiro atoms. The van der Waals surface area contributed by atoms with E-state index in [-0.39, 0.29) is 5.56 Å². The second kappa shape index (κ2) is 8.10. The highest BCUT2D eigenvalue weighted by atomic mass is 32.2. The van der Waals surface area contributed by atoms with Gasteiger partial charge in [0.1, 0.15) is 5.75 Å². The van der Waals surface area contributed by atoms with Gasteiger partial charge in [-0.05, 0) is 36.3 Å². The van der Waals surface area contributed by atoms with E-state index in [2.05, 4.69) is 20.8 Å². The number of benzene rings is 1. The molecule has 3 nitrogen and oxygen atoms in total. The van der Waals surface area contributed by atoms with Crippen LogP contribution in [0.2, 0.25) is 0 Å². The van der Waals surface area contributed by atoms with Crippen molar-refractivity contribution in [3.8, 4) is 5.75 Å². The van der Waals surface area contributed by atoms with Gasteiger partial charge in [-0.3, -0.25) is 0 Å². The molecular formula is C15H22O3S. The highest BCUT2D eigenvalue weighted by Crippen LogP contribution is 2.19. The van der Waals surface area contributed by atoms with Crippen LogP contribution < -0.4 is 4.74 Å². The van der Waals surface area contributed by atoms with Crippen LogP contribution in [0.1, 0.15) is 37.6 Å². The Morgan fingerprint density at radius 2 is 2.11 bits per heavy atom. The highest BCUT2D eigenvalue weighted by Gasteiger charge is 2.07. The number of carboxylic acids is 1. The summed E-state index contributed by atoms with van der Waals surface area (Å²) in [5.41, 5.74) is 0.264. The van der Waals surface area contributed by atoms with Crippen LogP contribution in [-0.2, 0) is 0 Å². The first-order valence-electron chi connectivity index (χ1n) is 6.58. The Bertz CT molecular complexity index is 404. The van der Waals surface area contributed by atoms with Crippen LogP contribution in [0.15, 0.2) is 24.3 Å². The van der Waals surface area contributed by atoms with Crippen LogP contribution >= 0.6 is 11.8 Å². The van der Waals surface area contributed by atoms with Gasteiger partial charge in [0.25, 0.3) is 0 Å². The predicted octanol–water partition coefficient (Wildman–Crippen LogP) is 3.93. The number of carbonyl (C=O) groups is 1. The standard InChI is InChI=1S/C15H22O3S/c1-11(2)12(3)19-9-5-8-18-14-7-4-6-13(10-14)15(16)17/h4,6-7,10-12H,5,8-9H2,1-3H3,(H,16,17). The molecule has 0 bridgehead atoms. The number of hydrogen-bond acceptors (Lipinski definition) is 3. The normalized spacial score (nSPS) is 12.4. The first-order valence-corrected chi connectivity index (χ1v) is 7.63. The van der Waals surface area contributed by atoms with Gasteiger partial charge in [0.05, 0.1) is 12.2 Å². The third-order valence-corrected chi connectivity index (χ3v) is 4.55. The summed E-state index contributed by atoms with van der Waals surface area (Å²) in [5.74, 6) is 1.46. The molecule has 1 unspecified atom stereocenters. The van der Waals surface area contributed by atoms with Gasteiger partial charge in [0.15, 0.2) is 0 Å². The number of thioether (sulfide) groups is 1. The number of ether oxygens (including phenoxy) is 1. The van der Waals surface area contributed by atoms with Gasteiger partial charge in [-0.15, -0.1) is 0 Å². The smallest absolute Gasteiger partial charge is 0.335 e. The lowest BCUT2D eigenvalue weighted by Crippen LogP contribution is -2.08. The van der Waals surface area contributed by atoms with Gasteiger partial charge in [-0.1, -0.05) is 26.8 Å². The summed E-state index contributed by atoms with van der Waals surface area (Å²) < 4.78 is 5.56. The van der Waals surface area contributed by atoms with E-state index >= 15 is 0 Å². The van der Waals surface area contributed by atoms with Crippen LogP contribution in [0.4, 0.5) is 0 Å². The fraction of sp³-hybridized carbons (Fsp3) is 0.533. The van der Waals surface area contributed by atoms with Crippen molar-refractivity contribution in [1.82, 2.24) is 0 Å². The molecule has 1 aromatic rings. The average Bonchev–Trinajstić information content (AvgIpc) is 2.38. The molecular weight excluding hydrogens is 260 g/mol. The first-order chi connectivity index (χ1) is 9.00. The minimum atomic E-state index is -0.924. The van der Waals surface area contributed by atoms with E-state index in [1.807, 2.05) is 11.8 Å². The minimum Gasteiger partial charge on any atom is -0.494 e. The molecule has 1 aromatic carbocycles. The van der Waals surface area contributed by atoms with Gasteiger partial charge in [0, 0.05) is 5.25 Å². The van der Waals surface area contributed by atoms with Gasteiger partial charge < -0.3 is 9.84 Å². The second-order valence-corrected chi connectivity index (χ2v) is 6.34. The highest BCUT2D eigenvalue weighted by molar-refractivity contribution is 7.99. The van der Waals surface area contributed by atoms with Crippen molar-refractivity contribution in [3.05, 3.63) is 29.8 Å². The molecule has 0 amide bonds. The van der Waals surface area contributed by atoms with Crippen LogP contribution in [0.5, 0.6) is 5.75 Å². The van der Waals surface area contributed by atoms with Crippen molar-refractivity contribution in [2.75, 3.05) is 12.4 Å². The first kappa shape index (κ1) is 15.9. The Hall–Kier alpha value is -1.16. The molecule has 1 N–H and O–H groups in total. The summed E-state index contributed by atoms with van der Waals surface area (Å²) in [6.45, 7) is 7.32. The van der Waals surface area contributed by atoms with Crippen molar-refractivity contribution < 1.29 is 14.6 Å². The third-order valence-electron chi connectivity index (χ3n) is 2.96. The van der Waals surface area contributed by atoms with Crippen molar-refractivity contribution in [3.63, 3.8) is 0 Å². The Morgan fingerprint density at radius 1 is 1.37 bits per heavy atom. The maximum absolute atomic E-state index is 10.8. The summed E-state index contributed by atoms with van der Waals surface area (Å²) in [7, 11) is 0. The molecule has 106 valence electrons. The average molecular weight is 282 g/mol. The van der Waals surface area contributed by atoms with Crippen molar-refractivity contribution in [2.24, 2.45) is 5.92 Å². The molecule has 1 rings (SSSR count). The van der Waals surface area contributed by atoms with E-state index in [1.54, 1.807) is 24.3 Å². The zero-order chi connectivity index (χ0) is 14.3. The Labute approximate surface area is 119 Å². The molecule has 4 heteroatoms. The molecule has 0 aromatic heterocycles. The molecule has 0 radical (unpaired) electrons. The summed E-state index contributed by atoms with van der Waals surface area (Å²) in [6, 6.07) is 6.62. The van der Waals surface area contributed by atoms with E-state index in [0.717, 1.165) is 12.2 Å². The molecule has 19 heavy (non-hydrogen) atoms. The molecule has 0 saturated carbocycles. The van der Waals surface area contributed by atoms with Gasteiger partial charge in [-0.25, -0.2) is 4.79 Å². The fourth-order valence-electron chi connectivity index (χ4n) is 1.43. The Morgan fingerprint density at radius 3 is 2.74 bits per heavy atom. The maximum Gasteiger partial charge on any atom is 0.335 e. The van der Waals surface area contributed by atoms with E-state index in [4.69, 9.17) is 9.84 Å². The summed E-state index contributed by atoms with van der Waals surface area (Å²) in [6.07, 6.45) is 0.971. The van der Waals surface area contributed by atoms with Gasteiger partial charge in [0.2, 0.25) is 0 Å². The van der Waals surface area contributed by atoms with E-state index < -0.39 is 5.97 Å².